The first-order chi connectivity index (χ1) is 14.3. The van der Waals surface area contributed by atoms with Crippen LogP contribution in [0.5, 0.6) is 0 Å². The van der Waals surface area contributed by atoms with Gasteiger partial charge in [0.25, 0.3) is 5.91 Å². The van der Waals surface area contributed by atoms with E-state index >= 15 is 0 Å². The summed E-state index contributed by atoms with van der Waals surface area (Å²) in [5.41, 5.74) is 1.27. The van der Waals surface area contributed by atoms with Gasteiger partial charge >= 0.3 is 0 Å². The number of anilines is 1. The van der Waals surface area contributed by atoms with Crippen molar-refractivity contribution in [3.8, 4) is 0 Å². The van der Waals surface area contributed by atoms with Crippen LogP contribution in [0.1, 0.15) is 35.2 Å². The minimum absolute atomic E-state index is 0.0474. The SMILES string of the molecule is CCC(CO)N1CCN(S(=O)(=O)c2cccc(C(=O)Nc3c(C)noc3C)c2)CC1. The Balaban J connectivity index is 1.74. The second-order valence-electron chi connectivity index (χ2n) is 7.37. The molecule has 0 radical (unpaired) electrons. The molecule has 1 amide bonds. The summed E-state index contributed by atoms with van der Waals surface area (Å²) in [6.07, 6.45) is 0.811. The van der Waals surface area contributed by atoms with Crippen LogP contribution in [0, 0.1) is 13.8 Å². The Hall–Kier alpha value is -2.27. The van der Waals surface area contributed by atoms with Gasteiger partial charge in [0.05, 0.1) is 11.5 Å². The number of aliphatic hydroxyl groups excluding tert-OH is 1. The summed E-state index contributed by atoms with van der Waals surface area (Å²) in [7, 11) is -3.73. The molecule has 164 valence electrons. The van der Waals surface area contributed by atoms with E-state index in [1.165, 1.54) is 16.4 Å². The predicted molar refractivity (Wildman–Crippen MR) is 112 cm³/mol. The van der Waals surface area contributed by atoms with Crippen LogP contribution in [-0.2, 0) is 10.0 Å². The van der Waals surface area contributed by atoms with Crippen molar-refractivity contribution in [3.63, 3.8) is 0 Å². The van der Waals surface area contributed by atoms with Crippen molar-refractivity contribution in [1.82, 2.24) is 14.4 Å². The van der Waals surface area contributed by atoms with Gasteiger partial charge in [-0.2, -0.15) is 4.31 Å². The summed E-state index contributed by atoms with van der Waals surface area (Å²) in [5, 5.41) is 16.0. The van der Waals surface area contributed by atoms with Crippen molar-refractivity contribution in [2.75, 3.05) is 38.1 Å². The lowest BCUT2D eigenvalue weighted by Gasteiger charge is -2.37. The third kappa shape index (κ3) is 4.56. The highest BCUT2D eigenvalue weighted by Gasteiger charge is 2.31. The van der Waals surface area contributed by atoms with Crippen LogP contribution >= 0.6 is 0 Å². The molecular formula is C20H28N4O5S. The van der Waals surface area contributed by atoms with Crippen molar-refractivity contribution < 1.29 is 22.8 Å². The Bertz CT molecular complexity index is 973. The Labute approximate surface area is 176 Å². The Kier molecular flexibility index (Phi) is 6.91. The van der Waals surface area contributed by atoms with E-state index in [-0.39, 0.29) is 23.1 Å². The lowest BCUT2D eigenvalue weighted by Crippen LogP contribution is -2.52. The zero-order valence-corrected chi connectivity index (χ0v) is 18.3. The molecule has 1 atom stereocenters. The average molecular weight is 437 g/mol. The van der Waals surface area contributed by atoms with Crippen molar-refractivity contribution >= 4 is 21.6 Å². The van der Waals surface area contributed by atoms with E-state index < -0.39 is 15.9 Å². The molecule has 0 aliphatic carbocycles. The Morgan fingerprint density at radius 2 is 1.97 bits per heavy atom. The van der Waals surface area contributed by atoms with Gasteiger partial charge < -0.3 is 14.9 Å². The van der Waals surface area contributed by atoms with Crippen LogP contribution in [0.15, 0.2) is 33.7 Å². The molecule has 1 aromatic carbocycles. The number of aryl methyl sites for hydroxylation is 2. The molecule has 0 saturated carbocycles. The molecule has 1 unspecified atom stereocenters. The molecule has 1 fully saturated rings. The highest BCUT2D eigenvalue weighted by molar-refractivity contribution is 7.89. The summed E-state index contributed by atoms with van der Waals surface area (Å²) in [6, 6.07) is 6.06. The zero-order valence-electron chi connectivity index (χ0n) is 17.5. The lowest BCUT2D eigenvalue weighted by atomic mass is 10.2. The van der Waals surface area contributed by atoms with E-state index in [2.05, 4.69) is 15.4 Å². The molecule has 3 rings (SSSR count). The number of nitrogens with one attached hydrogen (secondary N) is 1. The first-order valence-electron chi connectivity index (χ1n) is 9.97. The molecule has 2 N–H and O–H groups in total. The van der Waals surface area contributed by atoms with Gasteiger partial charge in [0.2, 0.25) is 10.0 Å². The number of hydrogen-bond donors (Lipinski definition) is 2. The average Bonchev–Trinajstić information content (AvgIpc) is 3.07. The number of aromatic nitrogens is 1. The number of rotatable bonds is 7. The number of sulfonamides is 1. The van der Waals surface area contributed by atoms with Gasteiger partial charge in [0.1, 0.15) is 11.4 Å². The summed E-state index contributed by atoms with van der Waals surface area (Å²) in [5.74, 6) is 0.0516. The molecule has 0 spiro atoms. The molecule has 30 heavy (non-hydrogen) atoms. The van der Waals surface area contributed by atoms with E-state index in [9.17, 15) is 18.3 Å². The number of piperazine rings is 1. The molecule has 1 aliphatic heterocycles. The predicted octanol–water partition coefficient (Wildman–Crippen LogP) is 1.62. The van der Waals surface area contributed by atoms with E-state index in [0.29, 0.717) is 43.3 Å². The molecule has 2 aromatic rings. The van der Waals surface area contributed by atoms with Gasteiger partial charge in [-0.05, 0) is 38.5 Å². The normalized spacial score (nSPS) is 17.1. The van der Waals surface area contributed by atoms with E-state index in [4.69, 9.17) is 4.52 Å². The molecule has 0 bridgehead atoms. The fraction of sp³-hybridized carbons (Fsp3) is 0.500. The van der Waals surface area contributed by atoms with Gasteiger partial charge in [-0.3, -0.25) is 9.69 Å². The highest BCUT2D eigenvalue weighted by Crippen LogP contribution is 2.22. The fourth-order valence-electron chi connectivity index (χ4n) is 3.61. The Morgan fingerprint density at radius 3 is 2.53 bits per heavy atom. The van der Waals surface area contributed by atoms with E-state index in [1.807, 2.05) is 6.92 Å². The zero-order chi connectivity index (χ0) is 21.9. The second kappa shape index (κ2) is 9.25. The fourth-order valence-corrected chi connectivity index (χ4v) is 5.07. The minimum atomic E-state index is -3.73. The Morgan fingerprint density at radius 1 is 1.27 bits per heavy atom. The van der Waals surface area contributed by atoms with Crippen LogP contribution < -0.4 is 5.32 Å². The van der Waals surface area contributed by atoms with Crippen LogP contribution in [-0.4, -0.2) is 72.6 Å². The molecule has 1 saturated heterocycles. The number of carbonyl (C=O) groups is 1. The maximum Gasteiger partial charge on any atom is 0.255 e. The largest absolute Gasteiger partial charge is 0.395 e. The maximum atomic E-state index is 13.1. The molecule has 9 nitrogen and oxygen atoms in total. The van der Waals surface area contributed by atoms with Gasteiger partial charge in [0, 0.05) is 37.8 Å². The van der Waals surface area contributed by atoms with E-state index in [1.54, 1.807) is 26.0 Å². The first kappa shape index (κ1) is 22.4. The first-order valence-corrected chi connectivity index (χ1v) is 11.4. The topological polar surface area (TPSA) is 116 Å². The van der Waals surface area contributed by atoms with Crippen LogP contribution in [0.2, 0.25) is 0 Å². The van der Waals surface area contributed by atoms with Crippen molar-refractivity contribution in [2.45, 2.75) is 38.1 Å². The third-order valence-electron chi connectivity index (χ3n) is 5.48. The van der Waals surface area contributed by atoms with E-state index in [0.717, 1.165) is 6.42 Å². The quantitative estimate of drug-likeness (QED) is 0.677. The van der Waals surface area contributed by atoms with Crippen molar-refractivity contribution in [2.24, 2.45) is 0 Å². The minimum Gasteiger partial charge on any atom is -0.395 e. The van der Waals surface area contributed by atoms with Crippen molar-refractivity contribution in [1.29, 1.82) is 0 Å². The number of nitrogens with zero attached hydrogens (tertiary/aromatic N) is 3. The molecule has 1 aliphatic rings. The number of amides is 1. The maximum absolute atomic E-state index is 13.1. The molecular weight excluding hydrogens is 408 g/mol. The second-order valence-corrected chi connectivity index (χ2v) is 9.30. The van der Waals surface area contributed by atoms with Gasteiger partial charge in [-0.25, -0.2) is 8.42 Å². The van der Waals surface area contributed by atoms with Crippen molar-refractivity contribution in [3.05, 3.63) is 41.3 Å². The number of hydrogen-bond acceptors (Lipinski definition) is 7. The standard InChI is InChI=1S/C20H28N4O5S/c1-4-17(13-25)23-8-10-24(11-9-23)30(27,28)18-7-5-6-16(12-18)20(26)21-19-14(2)22-29-15(19)3/h5-7,12,17,25H,4,8-11,13H2,1-3H3,(H,21,26). The molecule has 10 heteroatoms. The molecule has 2 heterocycles. The van der Waals surface area contributed by atoms with Gasteiger partial charge in [-0.1, -0.05) is 18.1 Å². The molecule has 1 aromatic heterocycles. The summed E-state index contributed by atoms with van der Waals surface area (Å²) in [6.45, 7) is 7.27. The van der Waals surface area contributed by atoms with Crippen LogP contribution in [0.25, 0.3) is 0 Å². The highest BCUT2D eigenvalue weighted by atomic mass is 32.2. The lowest BCUT2D eigenvalue weighted by molar-refractivity contribution is 0.0881. The number of benzene rings is 1. The number of aliphatic hydroxyl groups is 1. The summed E-state index contributed by atoms with van der Waals surface area (Å²) < 4.78 is 32.7. The van der Waals surface area contributed by atoms with Gasteiger partial charge in [-0.15, -0.1) is 0 Å². The van der Waals surface area contributed by atoms with Crippen LogP contribution in [0.3, 0.4) is 0 Å². The van der Waals surface area contributed by atoms with Gasteiger partial charge in [0.15, 0.2) is 5.76 Å². The number of carbonyl (C=O) groups excluding carboxylic acids is 1. The third-order valence-corrected chi connectivity index (χ3v) is 7.37. The monoisotopic (exact) mass is 436 g/mol. The smallest absolute Gasteiger partial charge is 0.255 e. The summed E-state index contributed by atoms with van der Waals surface area (Å²) in [4.78, 5) is 14.8. The van der Waals surface area contributed by atoms with Crippen LogP contribution in [0.4, 0.5) is 5.69 Å². The summed E-state index contributed by atoms with van der Waals surface area (Å²) >= 11 is 0.